The third-order valence-electron chi connectivity index (χ3n) is 1.45. The highest BCUT2D eigenvalue weighted by Crippen LogP contribution is 1.88. The van der Waals surface area contributed by atoms with Crippen LogP contribution in [0.3, 0.4) is 0 Å². The molecule has 1 aromatic rings. The van der Waals surface area contributed by atoms with E-state index >= 15 is 0 Å². The summed E-state index contributed by atoms with van der Waals surface area (Å²) in [6.07, 6.45) is 3.06. The molecule has 1 rings (SSSR count). The van der Waals surface area contributed by atoms with Crippen molar-refractivity contribution in [2.24, 2.45) is 5.10 Å². The molecule has 0 aliphatic carbocycles. The van der Waals surface area contributed by atoms with E-state index in [2.05, 4.69) is 25.8 Å². The smallest absolute Gasteiger partial charge is 0.331 e. The first-order valence-electron chi connectivity index (χ1n) is 4.48. The largest absolute Gasteiger partial charge is 0.335 e. The minimum atomic E-state index is -0.352. The van der Waals surface area contributed by atoms with Gasteiger partial charge in [0, 0.05) is 11.9 Å². The van der Waals surface area contributed by atoms with Crippen molar-refractivity contribution in [2.45, 2.75) is 20.4 Å². The lowest BCUT2D eigenvalue weighted by Crippen LogP contribution is -2.32. The second-order valence-corrected chi connectivity index (χ2v) is 3.05. The van der Waals surface area contributed by atoms with Crippen molar-refractivity contribution >= 4 is 11.7 Å². The van der Waals surface area contributed by atoms with Crippen LogP contribution in [-0.2, 0) is 6.54 Å². The fourth-order valence-corrected chi connectivity index (χ4v) is 0.796. The van der Waals surface area contributed by atoms with Gasteiger partial charge in [0.25, 0.3) is 0 Å². The monoisotopic (exact) mass is 207 g/mol. The number of carbonyl (C=O) groups excluding carboxylic acids is 1. The van der Waals surface area contributed by atoms with Crippen molar-refractivity contribution in [1.82, 2.24) is 20.7 Å². The molecule has 0 aliphatic rings. The molecule has 2 N–H and O–H groups in total. The average molecular weight is 207 g/mol. The van der Waals surface area contributed by atoms with Gasteiger partial charge in [0.2, 0.25) is 0 Å². The molecular formula is C9H13N5O. The summed E-state index contributed by atoms with van der Waals surface area (Å²) in [5.41, 5.74) is 3.88. The highest BCUT2D eigenvalue weighted by Gasteiger charge is 1.98. The maximum absolute atomic E-state index is 11.1. The second kappa shape index (κ2) is 5.69. The van der Waals surface area contributed by atoms with Crippen molar-refractivity contribution in [3.63, 3.8) is 0 Å². The van der Waals surface area contributed by atoms with Gasteiger partial charge in [-0.05, 0) is 19.9 Å². The molecule has 0 fully saturated rings. The third-order valence-corrected chi connectivity index (χ3v) is 1.45. The molecule has 80 valence electrons. The lowest BCUT2D eigenvalue weighted by Gasteiger charge is -2.03. The predicted octanol–water partition coefficient (Wildman–Crippen LogP) is 0.672. The van der Waals surface area contributed by atoms with Gasteiger partial charge in [-0.2, -0.15) is 5.10 Å². The van der Waals surface area contributed by atoms with Gasteiger partial charge in [0.15, 0.2) is 0 Å². The second-order valence-electron chi connectivity index (χ2n) is 3.05. The highest BCUT2D eigenvalue weighted by molar-refractivity contribution is 5.81. The molecule has 0 saturated carbocycles. The predicted molar refractivity (Wildman–Crippen MR) is 56.2 cm³/mol. The van der Waals surface area contributed by atoms with E-state index in [9.17, 15) is 4.79 Å². The minimum Gasteiger partial charge on any atom is -0.331 e. The first-order chi connectivity index (χ1) is 7.18. The van der Waals surface area contributed by atoms with Crippen LogP contribution in [0.4, 0.5) is 4.79 Å². The van der Waals surface area contributed by atoms with Crippen LogP contribution in [0, 0.1) is 0 Å². The molecule has 0 atom stereocenters. The molecule has 6 nitrogen and oxygen atoms in total. The summed E-state index contributed by atoms with van der Waals surface area (Å²) in [4.78, 5) is 18.9. The molecule has 6 heteroatoms. The van der Waals surface area contributed by atoms with Gasteiger partial charge in [-0.3, -0.25) is 0 Å². The first kappa shape index (κ1) is 11.1. The van der Waals surface area contributed by atoms with Crippen molar-refractivity contribution in [3.05, 3.63) is 24.3 Å². The summed E-state index contributed by atoms with van der Waals surface area (Å²) in [7, 11) is 0. The van der Waals surface area contributed by atoms with Crippen LogP contribution in [0.25, 0.3) is 0 Å². The Morgan fingerprint density at radius 1 is 1.53 bits per heavy atom. The van der Waals surface area contributed by atoms with Crippen LogP contribution in [-0.4, -0.2) is 21.7 Å². The summed E-state index contributed by atoms with van der Waals surface area (Å²) < 4.78 is 0. The van der Waals surface area contributed by atoms with E-state index in [-0.39, 0.29) is 6.03 Å². The maximum Gasteiger partial charge on any atom is 0.335 e. The zero-order valence-corrected chi connectivity index (χ0v) is 8.69. The number of hydrogen-bond donors (Lipinski definition) is 2. The molecule has 0 radical (unpaired) electrons. The van der Waals surface area contributed by atoms with Crippen LogP contribution >= 0.6 is 0 Å². The minimum absolute atomic E-state index is 0.352. The van der Waals surface area contributed by atoms with Crippen LogP contribution in [0.1, 0.15) is 19.5 Å². The zero-order valence-electron chi connectivity index (χ0n) is 8.69. The van der Waals surface area contributed by atoms with Crippen molar-refractivity contribution in [1.29, 1.82) is 0 Å². The molecule has 1 heterocycles. The fourth-order valence-electron chi connectivity index (χ4n) is 0.796. The number of urea groups is 1. The maximum atomic E-state index is 11.1. The van der Waals surface area contributed by atoms with E-state index in [1.54, 1.807) is 26.1 Å². The number of nitrogens with one attached hydrogen (secondary N) is 2. The topological polar surface area (TPSA) is 79.3 Å². The molecular weight excluding hydrogens is 194 g/mol. The summed E-state index contributed by atoms with van der Waals surface area (Å²) in [5.74, 6) is 0. The van der Waals surface area contributed by atoms with Gasteiger partial charge in [0.05, 0.1) is 12.2 Å². The fraction of sp³-hybridized carbons (Fsp3) is 0.333. The Balaban J connectivity index is 2.32. The molecule has 0 aromatic carbocycles. The van der Waals surface area contributed by atoms with Gasteiger partial charge in [-0.15, -0.1) is 0 Å². The van der Waals surface area contributed by atoms with E-state index in [1.165, 1.54) is 6.33 Å². The molecule has 0 bridgehead atoms. The Labute approximate surface area is 87.8 Å². The summed E-state index contributed by atoms with van der Waals surface area (Å²) in [6.45, 7) is 3.95. The van der Waals surface area contributed by atoms with Gasteiger partial charge >= 0.3 is 6.03 Å². The molecule has 15 heavy (non-hydrogen) atoms. The van der Waals surface area contributed by atoms with Gasteiger partial charge in [0.1, 0.15) is 6.33 Å². The highest BCUT2D eigenvalue weighted by atomic mass is 16.2. The number of aromatic nitrogens is 2. The zero-order chi connectivity index (χ0) is 11.1. The van der Waals surface area contributed by atoms with E-state index in [0.717, 1.165) is 11.4 Å². The molecule has 0 spiro atoms. The first-order valence-corrected chi connectivity index (χ1v) is 4.48. The lowest BCUT2D eigenvalue weighted by molar-refractivity contribution is 0.241. The number of amides is 2. The number of hydrogen-bond acceptors (Lipinski definition) is 4. The van der Waals surface area contributed by atoms with Crippen LogP contribution < -0.4 is 10.7 Å². The number of rotatable bonds is 3. The number of nitrogens with zero attached hydrogens (tertiary/aromatic N) is 3. The normalized spacial score (nSPS) is 9.20. The Morgan fingerprint density at radius 3 is 2.93 bits per heavy atom. The Hall–Kier alpha value is -1.98. The third kappa shape index (κ3) is 4.70. The molecule has 0 aliphatic heterocycles. The molecule has 0 saturated heterocycles. The summed E-state index contributed by atoms with van der Waals surface area (Å²) in [5, 5.41) is 6.37. The van der Waals surface area contributed by atoms with E-state index in [4.69, 9.17) is 0 Å². The van der Waals surface area contributed by atoms with Gasteiger partial charge in [-0.25, -0.2) is 20.2 Å². The Kier molecular flexibility index (Phi) is 4.21. The van der Waals surface area contributed by atoms with E-state index in [0.29, 0.717) is 6.54 Å². The van der Waals surface area contributed by atoms with Crippen LogP contribution in [0.2, 0.25) is 0 Å². The van der Waals surface area contributed by atoms with Crippen LogP contribution in [0.5, 0.6) is 0 Å². The molecule has 2 amide bonds. The average Bonchev–Trinajstić information content (AvgIpc) is 2.25. The van der Waals surface area contributed by atoms with E-state index in [1.807, 2.05) is 0 Å². The van der Waals surface area contributed by atoms with Crippen molar-refractivity contribution in [3.8, 4) is 0 Å². The van der Waals surface area contributed by atoms with Crippen molar-refractivity contribution < 1.29 is 4.79 Å². The lowest BCUT2D eigenvalue weighted by atomic mass is 10.4. The number of carbonyl (C=O) groups is 1. The van der Waals surface area contributed by atoms with E-state index < -0.39 is 0 Å². The quantitative estimate of drug-likeness (QED) is 0.564. The van der Waals surface area contributed by atoms with Gasteiger partial charge in [-0.1, -0.05) is 0 Å². The van der Waals surface area contributed by atoms with Crippen LogP contribution in [0.15, 0.2) is 23.7 Å². The standard InChI is InChI=1S/C9H13N5O/c1-7(2)13-14-9(15)11-5-8-3-4-10-6-12-8/h3-4,6H,5H2,1-2H3,(H2,11,14,15). The number of hydrazone groups is 1. The SMILES string of the molecule is CC(C)=NNC(=O)NCc1ccncn1. The van der Waals surface area contributed by atoms with Gasteiger partial charge < -0.3 is 5.32 Å². The summed E-state index contributed by atoms with van der Waals surface area (Å²) >= 11 is 0. The molecule has 1 aromatic heterocycles. The Morgan fingerprint density at radius 2 is 2.33 bits per heavy atom. The summed E-state index contributed by atoms with van der Waals surface area (Å²) in [6, 6.07) is 1.38. The Bertz CT molecular complexity index is 345. The molecule has 0 unspecified atom stereocenters. The van der Waals surface area contributed by atoms with Crippen molar-refractivity contribution in [2.75, 3.05) is 0 Å².